The van der Waals surface area contributed by atoms with Crippen LogP contribution in [-0.4, -0.2) is 48.1 Å². The summed E-state index contributed by atoms with van der Waals surface area (Å²) in [5.74, 6) is -0.583. The van der Waals surface area contributed by atoms with Crippen LogP contribution >= 0.6 is 11.3 Å². The molecular formula is C21H25N3O4S. The number of amides is 1. The largest absolute Gasteiger partial charge is 0.468 e. The minimum absolute atomic E-state index is 0.0132. The fourth-order valence-corrected chi connectivity index (χ4v) is 5.55. The third kappa shape index (κ3) is 3.86. The van der Waals surface area contributed by atoms with Gasteiger partial charge in [0.05, 0.1) is 7.11 Å². The lowest BCUT2D eigenvalue weighted by Crippen LogP contribution is -2.53. The molecule has 1 N–H and O–H groups in total. The number of carbonyl (C=O) groups is 2. The average molecular weight is 416 g/mol. The third-order valence-corrected chi connectivity index (χ3v) is 6.97. The van der Waals surface area contributed by atoms with Crippen molar-refractivity contribution in [2.75, 3.05) is 26.7 Å². The van der Waals surface area contributed by atoms with Crippen LogP contribution in [0.4, 0.5) is 0 Å². The first kappa shape index (κ1) is 19.8. The number of esters is 1. The lowest BCUT2D eigenvalue weighted by molar-refractivity contribution is -0.142. The van der Waals surface area contributed by atoms with Crippen LogP contribution in [-0.2, 0) is 20.9 Å². The van der Waals surface area contributed by atoms with Crippen molar-refractivity contribution in [3.05, 3.63) is 56.1 Å². The minimum atomic E-state index is -0.619. The van der Waals surface area contributed by atoms with Crippen LogP contribution in [0.2, 0.25) is 0 Å². The second-order valence-corrected chi connectivity index (χ2v) is 8.81. The molecule has 1 saturated heterocycles. The van der Waals surface area contributed by atoms with E-state index in [9.17, 15) is 14.4 Å². The van der Waals surface area contributed by atoms with E-state index in [2.05, 4.69) is 33.3 Å². The smallest absolute Gasteiger partial charge is 0.325 e. The number of hydrogen-bond donors (Lipinski definition) is 1. The highest BCUT2D eigenvalue weighted by Gasteiger charge is 2.43. The lowest BCUT2D eigenvalue weighted by atomic mass is 9.78. The van der Waals surface area contributed by atoms with Crippen LogP contribution in [0.25, 0.3) is 0 Å². The number of hydrogen-bond acceptors (Lipinski definition) is 6. The van der Waals surface area contributed by atoms with E-state index in [1.165, 1.54) is 23.6 Å². The number of ether oxygens (including phenoxy) is 1. The van der Waals surface area contributed by atoms with Gasteiger partial charge in [-0.25, -0.2) is 0 Å². The quantitative estimate of drug-likeness (QED) is 0.752. The number of carbonyl (C=O) groups excluding carboxylic acids is 2. The van der Waals surface area contributed by atoms with Crippen molar-refractivity contribution in [1.29, 1.82) is 0 Å². The molecule has 0 aliphatic carbocycles. The number of fused-ring (bicyclic) bond motifs is 4. The zero-order valence-corrected chi connectivity index (χ0v) is 17.4. The summed E-state index contributed by atoms with van der Waals surface area (Å²) in [6.07, 6.45) is 0.861. The summed E-state index contributed by atoms with van der Waals surface area (Å²) in [4.78, 5) is 40.9. The number of thiophene rings is 1. The number of piperidine rings is 1. The Bertz CT molecular complexity index is 982. The van der Waals surface area contributed by atoms with Gasteiger partial charge in [0, 0.05) is 48.1 Å². The fourth-order valence-electron chi connectivity index (χ4n) is 4.60. The van der Waals surface area contributed by atoms with E-state index in [0.29, 0.717) is 0 Å². The van der Waals surface area contributed by atoms with Gasteiger partial charge in [0.25, 0.3) is 5.56 Å². The average Bonchev–Trinajstić information content (AvgIpc) is 3.11. The Morgan fingerprint density at radius 1 is 1.28 bits per heavy atom. The van der Waals surface area contributed by atoms with Gasteiger partial charge >= 0.3 is 5.97 Å². The van der Waals surface area contributed by atoms with Crippen molar-refractivity contribution < 1.29 is 14.3 Å². The number of nitrogens with one attached hydrogen (secondary N) is 1. The number of nitrogens with zero attached hydrogens (tertiary/aromatic N) is 2. The lowest BCUT2D eigenvalue weighted by Gasteiger charge is -2.46. The Balaban J connectivity index is 1.63. The van der Waals surface area contributed by atoms with Gasteiger partial charge in [-0.2, -0.15) is 0 Å². The van der Waals surface area contributed by atoms with Gasteiger partial charge < -0.3 is 10.1 Å². The first-order valence-corrected chi connectivity index (χ1v) is 10.7. The predicted molar refractivity (Wildman–Crippen MR) is 110 cm³/mol. The van der Waals surface area contributed by atoms with Crippen molar-refractivity contribution in [3.63, 3.8) is 0 Å². The van der Waals surface area contributed by atoms with Crippen LogP contribution in [0.3, 0.4) is 0 Å². The molecule has 4 heterocycles. The summed E-state index contributed by atoms with van der Waals surface area (Å²) in [7, 11) is 1.28. The highest BCUT2D eigenvalue weighted by Crippen LogP contribution is 2.41. The maximum atomic E-state index is 13.0. The number of pyridine rings is 1. The van der Waals surface area contributed by atoms with E-state index in [1.807, 2.05) is 6.07 Å². The molecule has 2 bridgehead atoms. The molecule has 1 amide bonds. The van der Waals surface area contributed by atoms with E-state index in [0.717, 1.165) is 31.7 Å². The van der Waals surface area contributed by atoms with Crippen molar-refractivity contribution in [3.8, 4) is 0 Å². The second kappa shape index (κ2) is 8.12. The number of aryl methyl sites for hydroxylation is 1. The zero-order chi connectivity index (χ0) is 20.5. The number of likely N-dealkylation sites (tertiary alicyclic amines) is 1. The summed E-state index contributed by atoms with van der Waals surface area (Å²) >= 11 is 1.75. The zero-order valence-electron chi connectivity index (χ0n) is 16.6. The molecule has 0 aromatic carbocycles. The molecule has 4 rings (SSSR count). The standard InChI is InChI=1S/C21H25N3O4S/c1-13-6-7-29-17(13)12-23-10-14-8-15(11-23)20(21(27)22-9-19(26)28-2)24-16(14)4-3-5-18(24)25/h3-7,14-15,20H,8-12H2,1-2H3,(H,22,27)/t14-,15+,20-/m1/s1. The van der Waals surface area contributed by atoms with E-state index >= 15 is 0 Å². The van der Waals surface area contributed by atoms with Gasteiger partial charge in [-0.3, -0.25) is 23.9 Å². The van der Waals surface area contributed by atoms with E-state index in [1.54, 1.807) is 22.0 Å². The Hall–Kier alpha value is -2.45. The maximum Gasteiger partial charge on any atom is 0.325 e. The molecule has 7 nitrogen and oxygen atoms in total. The fraction of sp³-hybridized carbons (Fsp3) is 0.476. The third-order valence-electron chi connectivity index (χ3n) is 5.96. The van der Waals surface area contributed by atoms with Gasteiger partial charge in [0.15, 0.2) is 0 Å². The molecule has 2 aromatic rings. The summed E-state index contributed by atoms with van der Waals surface area (Å²) in [6, 6.07) is 6.72. The van der Waals surface area contributed by atoms with Crippen LogP contribution in [0.15, 0.2) is 34.4 Å². The molecule has 0 radical (unpaired) electrons. The highest BCUT2D eigenvalue weighted by atomic mass is 32.1. The van der Waals surface area contributed by atoms with Crippen molar-refractivity contribution in [1.82, 2.24) is 14.8 Å². The van der Waals surface area contributed by atoms with Gasteiger partial charge in [-0.05, 0) is 36.4 Å². The number of aromatic nitrogens is 1. The summed E-state index contributed by atoms with van der Waals surface area (Å²) in [5, 5.41) is 4.76. The monoisotopic (exact) mass is 415 g/mol. The van der Waals surface area contributed by atoms with Crippen molar-refractivity contribution in [2.45, 2.75) is 31.8 Å². The predicted octanol–water partition coefficient (Wildman–Crippen LogP) is 1.67. The molecule has 3 atom stereocenters. The van der Waals surface area contributed by atoms with Crippen molar-refractivity contribution in [2.24, 2.45) is 5.92 Å². The topological polar surface area (TPSA) is 80.6 Å². The molecule has 2 aliphatic heterocycles. The molecule has 2 aromatic heterocycles. The Kier molecular flexibility index (Phi) is 5.56. The van der Waals surface area contributed by atoms with Crippen LogP contribution in [0, 0.1) is 12.8 Å². The second-order valence-electron chi connectivity index (χ2n) is 7.81. The van der Waals surface area contributed by atoms with E-state index in [4.69, 9.17) is 0 Å². The SMILES string of the molecule is COC(=O)CNC(=O)[C@H]1[C@H]2C[C@H](CN(Cc3sccc3C)C2)c2cccc(=O)n21. The maximum absolute atomic E-state index is 13.0. The highest BCUT2D eigenvalue weighted by molar-refractivity contribution is 7.10. The summed E-state index contributed by atoms with van der Waals surface area (Å²) in [5.41, 5.74) is 2.02. The Labute approximate surface area is 173 Å². The Morgan fingerprint density at radius 2 is 2.10 bits per heavy atom. The summed E-state index contributed by atoms with van der Waals surface area (Å²) < 4.78 is 6.26. The van der Waals surface area contributed by atoms with E-state index < -0.39 is 12.0 Å². The number of rotatable bonds is 5. The van der Waals surface area contributed by atoms with E-state index in [-0.39, 0.29) is 29.8 Å². The number of methoxy groups -OCH3 is 1. The minimum Gasteiger partial charge on any atom is -0.468 e. The molecule has 154 valence electrons. The Morgan fingerprint density at radius 3 is 2.83 bits per heavy atom. The normalized spacial score (nSPS) is 23.3. The first-order chi connectivity index (χ1) is 14.0. The molecule has 1 fully saturated rings. The van der Waals surface area contributed by atoms with Crippen LogP contribution < -0.4 is 10.9 Å². The molecule has 0 spiro atoms. The van der Waals surface area contributed by atoms with Crippen molar-refractivity contribution >= 4 is 23.2 Å². The van der Waals surface area contributed by atoms with Gasteiger partial charge in [-0.15, -0.1) is 11.3 Å². The molecule has 2 aliphatic rings. The molecule has 8 heteroatoms. The van der Waals surface area contributed by atoms with Gasteiger partial charge in [-0.1, -0.05) is 6.07 Å². The van der Waals surface area contributed by atoms with Gasteiger partial charge in [0.2, 0.25) is 5.91 Å². The first-order valence-electron chi connectivity index (χ1n) is 9.79. The molecule has 29 heavy (non-hydrogen) atoms. The summed E-state index contributed by atoms with van der Waals surface area (Å²) in [6.45, 7) is 4.38. The molecule has 0 unspecified atom stereocenters. The molecular weight excluding hydrogens is 390 g/mol. The molecule has 0 saturated carbocycles. The van der Waals surface area contributed by atoms with Gasteiger partial charge in [0.1, 0.15) is 12.6 Å². The van der Waals surface area contributed by atoms with Crippen LogP contribution in [0.5, 0.6) is 0 Å². The van der Waals surface area contributed by atoms with Crippen LogP contribution in [0.1, 0.15) is 34.5 Å².